The van der Waals surface area contributed by atoms with Gasteiger partial charge in [-0.3, -0.25) is 0 Å². The minimum Gasteiger partial charge on any atom is -0.461 e. The van der Waals surface area contributed by atoms with Gasteiger partial charge in [-0.05, 0) is 17.5 Å². The lowest BCUT2D eigenvalue weighted by Crippen LogP contribution is -1.92. The molecule has 1 aromatic heterocycles. The molecule has 0 atom stereocenters. The van der Waals surface area contributed by atoms with Gasteiger partial charge in [0.15, 0.2) is 6.07 Å². The van der Waals surface area contributed by atoms with Gasteiger partial charge in [0.25, 0.3) is 0 Å². The van der Waals surface area contributed by atoms with E-state index in [1.165, 1.54) is 0 Å². The lowest BCUT2D eigenvalue weighted by Gasteiger charge is -2.03. The molecule has 2 aromatic rings. The fraction of sp³-hybridized carbons (Fsp3) is 0.100. The summed E-state index contributed by atoms with van der Waals surface area (Å²) < 4.78 is 5.17. The summed E-state index contributed by atoms with van der Waals surface area (Å²) in [5.41, 5.74) is 0. The van der Waals surface area contributed by atoms with E-state index in [1.54, 1.807) is 6.20 Å². The van der Waals surface area contributed by atoms with Gasteiger partial charge in [-0.15, -0.1) is 0 Å². The Kier molecular flexibility index (Phi) is 2.32. The molecule has 0 spiro atoms. The zero-order valence-electron chi connectivity index (χ0n) is 6.90. The Bertz CT molecular complexity index is 411. The van der Waals surface area contributed by atoms with Crippen LogP contribution < -0.4 is 4.74 Å². The first-order chi connectivity index (χ1) is 6.42. The van der Waals surface area contributed by atoms with Crippen molar-refractivity contribution in [2.45, 2.75) is 0 Å². The normalized spacial score (nSPS) is 10.2. The number of nitrogens with zero attached hydrogens (tertiary/aromatic N) is 1. The van der Waals surface area contributed by atoms with E-state index in [1.807, 2.05) is 30.3 Å². The van der Waals surface area contributed by atoms with Crippen molar-refractivity contribution >= 4 is 22.4 Å². The molecule has 2 nitrogen and oxygen atoms in total. The van der Waals surface area contributed by atoms with Gasteiger partial charge in [0.05, 0.1) is 0 Å². The third kappa shape index (κ3) is 1.58. The zero-order chi connectivity index (χ0) is 9.10. The number of aromatic nitrogens is 1. The van der Waals surface area contributed by atoms with Gasteiger partial charge in [0, 0.05) is 11.6 Å². The SMILES string of the molecule is ClCOc1nccc2ccccc12. The smallest absolute Gasteiger partial charge is 0.222 e. The molecule has 13 heavy (non-hydrogen) atoms. The van der Waals surface area contributed by atoms with E-state index in [0.29, 0.717) is 5.88 Å². The van der Waals surface area contributed by atoms with E-state index in [9.17, 15) is 0 Å². The Morgan fingerprint density at radius 2 is 2.08 bits per heavy atom. The summed E-state index contributed by atoms with van der Waals surface area (Å²) in [6.45, 7) is 0. The van der Waals surface area contributed by atoms with E-state index in [0.717, 1.165) is 10.8 Å². The number of fused-ring (bicyclic) bond motifs is 1. The fourth-order valence-corrected chi connectivity index (χ4v) is 1.36. The molecule has 0 fully saturated rings. The molecule has 0 amide bonds. The summed E-state index contributed by atoms with van der Waals surface area (Å²) in [4.78, 5) is 4.09. The number of hydrogen-bond acceptors (Lipinski definition) is 2. The molecule has 1 aromatic carbocycles. The Labute approximate surface area is 81.1 Å². The van der Waals surface area contributed by atoms with Gasteiger partial charge in [-0.1, -0.05) is 29.8 Å². The van der Waals surface area contributed by atoms with Gasteiger partial charge in [-0.2, -0.15) is 0 Å². The standard InChI is InChI=1S/C10H8ClNO/c11-7-13-10-9-4-2-1-3-8(9)5-6-12-10/h1-6H,7H2. The lowest BCUT2D eigenvalue weighted by atomic mass is 10.2. The maximum Gasteiger partial charge on any atom is 0.222 e. The number of benzene rings is 1. The van der Waals surface area contributed by atoms with Crippen LogP contribution in [-0.2, 0) is 0 Å². The predicted octanol–water partition coefficient (Wildman–Crippen LogP) is 2.81. The van der Waals surface area contributed by atoms with Crippen molar-refractivity contribution in [3.63, 3.8) is 0 Å². The van der Waals surface area contributed by atoms with Gasteiger partial charge in [0.2, 0.25) is 5.88 Å². The summed E-state index contributed by atoms with van der Waals surface area (Å²) in [6.07, 6.45) is 1.71. The van der Waals surface area contributed by atoms with Crippen LogP contribution in [0.3, 0.4) is 0 Å². The predicted molar refractivity (Wildman–Crippen MR) is 53.1 cm³/mol. The monoisotopic (exact) mass is 193 g/mol. The van der Waals surface area contributed by atoms with Crippen LogP contribution in [0.5, 0.6) is 5.88 Å². The number of rotatable bonds is 2. The number of ether oxygens (including phenoxy) is 1. The average Bonchev–Trinajstić information content (AvgIpc) is 2.19. The second-order valence-electron chi connectivity index (χ2n) is 2.59. The van der Waals surface area contributed by atoms with E-state index in [2.05, 4.69) is 4.98 Å². The molecule has 0 saturated carbocycles. The Morgan fingerprint density at radius 1 is 1.23 bits per heavy atom. The first-order valence-electron chi connectivity index (χ1n) is 3.94. The van der Waals surface area contributed by atoms with E-state index in [4.69, 9.17) is 16.3 Å². The van der Waals surface area contributed by atoms with Gasteiger partial charge in [-0.25, -0.2) is 4.98 Å². The zero-order valence-corrected chi connectivity index (χ0v) is 7.66. The minimum absolute atomic E-state index is 0.126. The molecule has 1 heterocycles. The molecule has 0 N–H and O–H groups in total. The highest BCUT2D eigenvalue weighted by Gasteiger charge is 2.00. The molecule has 2 rings (SSSR count). The summed E-state index contributed by atoms with van der Waals surface area (Å²) in [5.74, 6) is 0.591. The highest BCUT2D eigenvalue weighted by Crippen LogP contribution is 2.22. The van der Waals surface area contributed by atoms with Crippen molar-refractivity contribution in [1.29, 1.82) is 0 Å². The van der Waals surface area contributed by atoms with Crippen LogP contribution in [0.1, 0.15) is 0 Å². The average molecular weight is 194 g/mol. The molecule has 0 aliphatic carbocycles. The van der Waals surface area contributed by atoms with Gasteiger partial charge in [0.1, 0.15) is 0 Å². The van der Waals surface area contributed by atoms with Crippen LogP contribution in [-0.4, -0.2) is 11.1 Å². The molecule has 0 aliphatic rings. The summed E-state index contributed by atoms with van der Waals surface area (Å²) in [7, 11) is 0. The number of pyridine rings is 1. The van der Waals surface area contributed by atoms with E-state index < -0.39 is 0 Å². The first kappa shape index (κ1) is 8.32. The third-order valence-corrected chi connectivity index (χ3v) is 1.94. The van der Waals surface area contributed by atoms with Crippen molar-refractivity contribution in [2.24, 2.45) is 0 Å². The molecule has 3 heteroatoms. The number of hydrogen-bond donors (Lipinski definition) is 0. The van der Waals surface area contributed by atoms with Crippen molar-refractivity contribution in [3.05, 3.63) is 36.5 Å². The highest BCUT2D eigenvalue weighted by atomic mass is 35.5. The van der Waals surface area contributed by atoms with Gasteiger partial charge >= 0.3 is 0 Å². The molecule has 0 bridgehead atoms. The highest BCUT2D eigenvalue weighted by molar-refractivity contribution is 6.17. The molecule has 0 unspecified atom stereocenters. The lowest BCUT2D eigenvalue weighted by molar-refractivity contribution is 0.377. The Morgan fingerprint density at radius 3 is 2.92 bits per heavy atom. The van der Waals surface area contributed by atoms with Crippen LogP contribution in [0.25, 0.3) is 10.8 Å². The molecular formula is C10H8ClNO. The van der Waals surface area contributed by atoms with Gasteiger partial charge < -0.3 is 4.74 Å². The molecule has 0 radical (unpaired) electrons. The maximum absolute atomic E-state index is 5.47. The molecule has 0 saturated heterocycles. The summed E-state index contributed by atoms with van der Waals surface area (Å²) in [6, 6.07) is 9.97. The van der Waals surface area contributed by atoms with Crippen molar-refractivity contribution in [3.8, 4) is 5.88 Å². The topological polar surface area (TPSA) is 22.1 Å². The fourth-order valence-electron chi connectivity index (χ4n) is 1.26. The van der Waals surface area contributed by atoms with Crippen LogP contribution >= 0.6 is 11.6 Å². The largest absolute Gasteiger partial charge is 0.461 e. The van der Waals surface area contributed by atoms with Crippen LogP contribution in [0.2, 0.25) is 0 Å². The Balaban J connectivity index is 2.61. The van der Waals surface area contributed by atoms with Crippen molar-refractivity contribution in [1.82, 2.24) is 4.98 Å². The van der Waals surface area contributed by atoms with E-state index in [-0.39, 0.29) is 6.07 Å². The second kappa shape index (κ2) is 3.62. The van der Waals surface area contributed by atoms with Crippen molar-refractivity contribution < 1.29 is 4.74 Å². The minimum atomic E-state index is 0.126. The van der Waals surface area contributed by atoms with Crippen LogP contribution in [0.15, 0.2) is 36.5 Å². The Hall–Kier alpha value is -1.28. The van der Waals surface area contributed by atoms with Crippen LogP contribution in [0, 0.1) is 0 Å². The molecule has 0 aliphatic heterocycles. The second-order valence-corrected chi connectivity index (χ2v) is 2.81. The maximum atomic E-state index is 5.47. The summed E-state index contributed by atoms with van der Waals surface area (Å²) >= 11 is 5.47. The van der Waals surface area contributed by atoms with Crippen LogP contribution in [0.4, 0.5) is 0 Å². The first-order valence-corrected chi connectivity index (χ1v) is 4.48. The third-order valence-electron chi connectivity index (χ3n) is 1.83. The quantitative estimate of drug-likeness (QED) is 0.685. The van der Waals surface area contributed by atoms with E-state index >= 15 is 0 Å². The number of alkyl halides is 1. The van der Waals surface area contributed by atoms with Crippen molar-refractivity contribution in [2.75, 3.05) is 6.07 Å². The molecular weight excluding hydrogens is 186 g/mol. The molecule has 66 valence electrons. The summed E-state index contributed by atoms with van der Waals surface area (Å²) in [5, 5.41) is 2.10. The number of halogens is 1.